The van der Waals surface area contributed by atoms with Crippen LogP contribution in [0.25, 0.3) is 0 Å². The third kappa shape index (κ3) is 3.15. The second kappa shape index (κ2) is 6.19. The first-order valence-corrected chi connectivity index (χ1v) is 7.17. The Morgan fingerprint density at radius 2 is 2.11 bits per heavy atom. The van der Waals surface area contributed by atoms with Gasteiger partial charge in [-0.05, 0) is 32.1 Å². The molecule has 0 atom stereocenters. The summed E-state index contributed by atoms with van der Waals surface area (Å²) in [6.45, 7) is 2.82. The van der Waals surface area contributed by atoms with E-state index in [1.54, 1.807) is 17.0 Å². The topological polar surface area (TPSA) is 64.2 Å². The second-order valence-corrected chi connectivity index (χ2v) is 5.43. The quantitative estimate of drug-likeness (QED) is 0.892. The molecule has 2 N–H and O–H groups in total. The summed E-state index contributed by atoms with van der Waals surface area (Å²) in [6, 6.07) is 0.711. The van der Waals surface area contributed by atoms with E-state index in [0.29, 0.717) is 17.9 Å². The Labute approximate surface area is 114 Å². The van der Waals surface area contributed by atoms with Crippen LogP contribution < -0.4 is 16.2 Å². The Morgan fingerprint density at radius 3 is 2.74 bits per heavy atom. The van der Waals surface area contributed by atoms with Crippen LogP contribution >= 0.6 is 0 Å². The van der Waals surface area contributed by atoms with Gasteiger partial charge in [0.05, 0.1) is 0 Å². The number of nitrogens with zero attached hydrogens (tertiary/aromatic N) is 3. The maximum atomic E-state index is 12.3. The van der Waals surface area contributed by atoms with Crippen LogP contribution in [-0.2, 0) is 6.54 Å². The summed E-state index contributed by atoms with van der Waals surface area (Å²) in [5.41, 5.74) is 5.94. The molecule has 1 heterocycles. The molecule has 1 saturated carbocycles. The molecule has 0 spiro atoms. The van der Waals surface area contributed by atoms with Crippen molar-refractivity contribution in [1.82, 2.24) is 9.55 Å². The highest BCUT2D eigenvalue weighted by molar-refractivity contribution is 5.36. The van der Waals surface area contributed by atoms with Crippen molar-refractivity contribution in [2.45, 2.75) is 57.7 Å². The lowest BCUT2D eigenvalue weighted by atomic mass is 9.91. The first-order chi connectivity index (χ1) is 9.13. The van der Waals surface area contributed by atoms with E-state index in [9.17, 15) is 4.79 Å². The number of hydrogen-bond donors (Lipinski definition) is 1. The third-order valence-corrected chi connectivity index (χ3v) is 3.98. The lowest BCUT2D eigenvalue weighted by Gasteiger charge is -2.33. The number of nitrogens with two attached hydrogens (primary N) is 1. The molecular formula is C14H24N4O. The lowest BCUT2D eigenvalue weighted by Crippen LogP contribution is -2.42. The van der Waals surface area contributed by atoms with Gasteiger partial charge in [0.15, 0.2) is 5.82 Å². The Hall–Kier alpha value is -1.36. The highest BCUT2D eigenvalue weighted by Gasteiger charge is 2.24. The zero-order valence-corrected chi connectivity index (χ0v) is 11.9. The van der Waals surface area contributed by atoms with Crippen molar-refractivity contribution in [1.29, 1.82) is 0 Å². The summed E-state index contributed by atoms with van der Waals surface area (Å²) in [5.74, 6) is 0.566. The van der Waals surface area contributed by atoms with Gasteiger partial charge in [-0.2, -0.15) is 0 Å². The molecule has 1 aliphatic rings. The highest BCUT2D eigenvalue weighted by atomic mass is 16.1. The van der Waals surface area contributed by atoms with Gasteiger partial charge in [0, 0.05) is 38.1 Å². The minimum absolute atomic E-state index is 0.0155. The number of aromatic nitrogens is 2. The van der Waals surface area contributed by atoms with Crippen LogP contribution in [0.2, 0.25) is 0 Å². The fourth-order valence-corrected chi connectivity index (χ4v) is 2.76. The van der Waals surface area contributed by atoms with Crippen molar-refractivity contribution in [3.8, 4) is 0 Å². The Bertz CT molecular complexity index is 463. The van der Waals surface area contributed by atoms with Gasteiger partial charge in [0.2, 0.25) is 0 Å². The molecule has 1 aliphatic carbocycles. The number of anilines is 1. The van der Waals surface area contributed by atoms with Crippen LogP contribution in [0.1, 0.15) is 39.0 Å². The fraction of sp³-hybridized carbons (Fsp3) is 0.714. The minimum Gasteiger partial charge on any atom is -0.352 e. The maximum absolute atomic E-state index is 12.3. The van der Waals surface area contributed by atoms with E-state index < -0.39 is 0 Å². The van der Waals surface area contributed by atoms with Crippen LogP contribution in [0.3, 0.4) is 0 Å². The van der Waals surface area contributed by atoms with Crippen molar-refractivity contribution < 1.29 is 0 Å². The summed E-state index contributed by atoms with van der Waals surface area (Å²) in [6.07, 6.45) is 8.58. The normalized spacial score (nSPS) is 23.3. The molecule has 106 valence electrons. The van der Waals surface area contributed by atoms with Crippen molar-refractivity contribution in [3.05, 3.63) is 22.7 Å². The molecule has 0 radical (unpaired) electrons. The molecule has 19 heavy (non-hydrogen) atoms. The average molecular weight is 264 g/mol. The Morgan fingerprint density at radius 1 is 1.42 bits per heavy atom. The summed E-state index contributed by atoms with van der Waals surface area (Å²) in [5, 5.41) is 0. The molecule has 0 aromatic carbocycles. The van der Waals surface area contributed by atoms with Gasteiger partial charge < -0.3 is 15.2 Å². The third-order valence-electron chi connectivity index (χ3n) is 3.98. The first kappa shape index (κ1) is 14.1. The van der Waals surface area contributed by atoms with Crippen LogP contribution in [0.15, 0.2) is 17.2 Å². The van der Waals surface area contributed by atoms with Gasteiger partial charge in [-0.3, -0.25) is 4.79 Å². The van der Waals surface area contributed by atoms with Crippen molar-refractivity contribution >= 4 is 5.82 Å². The molecule has 1 aromatic heterocycles. The molecule has 0 saturated heterocycles. The minimum atomic E-state index is 0.0155. The molecule has 0 aliphatic heterocycles. The molecule has 0 unspecified atom stereocenters. The summed E-state index contributed by atoms with van der Waals surface area (Å²) in [4.78, 5) is 18.7. The van der Waals surface area contributed by atoms with Gasteiger partial charge in [-0.15, -0.1) is 0 Å². The Kier molecular flexibility index (Phi) is 4.58. The van der Waals surface area contributed by atoms with Crippen LogP contribution in [0.5, 0.6) is 0 Å². The monoisotopic (exact) mass is 264 g/mol. The smallest absolute Gasteiger partial charge is 0.293 e. The fourth-order valence-electron chi connectivity index (χ4n) is 2.76. The molecular weight excluding hydrogens is 240 g/mol. The van der Waals surface area contributed by atoms with E-state index >= 15 is 0 Å². The predicted molar refractivity (Wildman–Crippen MR) is 77.4 cm³/mol. The molecule has 1 fully saturated rings. The van der Waals surface area contributed by atoms with E-state index in [4.69, 9.17) is 5.73 Å². The molecule has 5 heteroatoms. The van der Waals surface area contributed by atoms with Crippen molar-refractivity contribution in [3.63, 3.8) is 0 Å². The van der Waals surface area contributed by atoms with Crippen molar-refractivity contribution in [2.24, 2.45) is 5.73 Å². The summed E-state index contributed by atoms with van der Waals surface area (Å²) in [7, 11) is 1.97. The van der Waals surface area contributed by atoms with Crippen molar-refractivity contribution in [2.75, 3.05) is 11.9 Å². The molecule has 0 bridgehead atoms. The summed E-state index contributed by atoms with van der Waals surface area (Å²) < 4.78 is 1.74. The highest BCUT2D eigenvalue weighted by Crippen LogP contribution is 2.22. The largest absolute Gasteiger partial charge is 0.352 e. The standard InChI is InChI=1S/C14H24N4O/c1-3-9-18-10-8-16-13(14(18)19)17(2)12-6-4-11(15)5-7-12/h8,10-12H,3-7,9,15H2,1-2H3. The van der Waals surface area contributed by atoms with Crippen LogP contribution in [0, 0.1) is 0 Å². The zero-order chi connectivity index (χ0) is 13.8. The predicted octanol–water partition coefficient (Wildman–Crippen LogP) is 1.36. The SMILES string of the molecule is CCCn1ccnc(N(C)C2CCC(N)CC2)c1=O. The lowest BCUT2D eigenvalue weighted by molar-refractivity contribution is 0.383. The van der Waals surface area contributed by atoms with E-state index in [-0.39, 0.29) is 5.56 Å². The van der Waals surface area contributed by atoms with E-state index in [0.717, 1.165) is 38.6 Å². The van der Waals surface area contributed by atoms with Gasteiger partial charge in [0.1, 0.15) is 0 Å². The van der Waals surface area contributed by atoms with Crippen LogP contribution in [-0.4, -0.2) is 28.7 Å². The van der Waals surface area contributed by atoms with Gasteiger partial charge in [-0.25, -0.2) is 4.98 Å². The van der Waals surface area contributed by atoms with Crippen LogP contribution in [0.4, 0.5) is 5.82 Å². The molecule has 0 amide bonds. The van der Waals surface area contributed by atoms with E-state index in [1.165, 1.54) is 0 Å². The second-order valence-electron chi connectivity index (χ2n) is 5.43. The number of hydrogen-bond acceptors (Lipinski definition) is 4. The van der Waals surface area contributed by atoms with E-state index in [2.05, 4.69) is 11.9 Å². The molecule has 2 rings (SSSR count). The molecule has 5 nitrogen and oxygen atoms in total. The number of rotatable bonds is 4. The average Bonchev–Trinajstić information content (AvgIpc) is 2.41. The van der Waals surface area contributed by atoms with Gasteiger partial charge in [0.25, 0.3) is 5.56 Å². The first-order valence-electron chi connectivity index (χ1n) is 7.17. The molecule has 1 aromatic rings. The summed E-state index contributed by atoms with van der Waals surface area (Å²) >= 11 is 0. The number of aryl methyl sites for hydroxylation is 1. The van der Waals surface area contributed by atoms with Gasteiger partial charge in [-0.1, -0.05) is 6.92 Å². The van der Waals surface area contributed by atoms with Gasteiger partial charge >= 0.3 is 0 Å². The van der Waals surface area contributed by atoms with E-state index in [1.807, 2.05) is 11.9 Å². The zero-order valence-electron chi connectivity index (χ0n) is 11.9. The Balaban J connectivity index is 2.17. The maximum Gasteiger partial charge on any atom is 0.293 e.